The molecule has 4 heteroatoms. The molecule has 0 aliphatic rings. The summed E-state index contributed by atoms with van der Waals surface area (Å²) in [7, 11) is 0. The van der Waals surface area contributed by atoms with E-state index in [1.165, 1.54) is 5.69 Å². The Morgan fingerprint density at radius 2 is 2.29 bits per heavy atom. The van der Waals surface area contributed by atoms with Crippen LogP contribution in [0.2, 0.25) is 0 Å². The molecule has 0 aliphatic heterocycles. The van der Waals surface area contributed by atoms with Crippen LogP contribution in [-0.2, 0) is 6.54 Å². The van der Waals surface area contributed by atoms with Gasteiger partial charge in [0.2, 0.25) is 0 Å². The fraction of sp³-hybridized carbons (Fsp3) is 0.462. The molecule has 0 fully saturated rings. The molecule has 0 bridgehead atoms. The van der Waals surface area contributed by atoms with E-state index in [1.54, 1.807) is 6.26 Å². The minimum atomic E-state index is 0.395. The van der Waals surface area contributed by atoms with E-state index < -0.39 is 0 Å². The van der Waals surface area contributed by atoms with Crippen molar-refractivity contribution in [3.63, 3.8) is 0 Å². The summed E-state index contributed by atoms with van der Waals surface area (Å²) >= 11 is 0. The summed E-state index contributed by atoms with van der Waals surface area (Å²) in [6, 6.07) is 4.28. The molecule has 0 aromatic carbocycles. The average Bonchev–Trinajstić information content (AvgIpc) is 2.91. The van der Waals surface area contributed by atoms with Crippen molar-refractivity contribution in [1.29, 1.82) is 0 Å². The largest absolute Gasteiger partial charge is 0.468 e. The lowest BCUT2D eigenvalue weighted by atomic mass is 10.3. The normalized spacial score (nSPS) is 12.9. The highest BCUT2D eigenvalue weighted by Gasteiger charge is 2.09. The highest BCUT2D eigenvalue weighted by atomic mass is 16.3. The molecule has 2 heterocycles. The predicted molar refractivity (Wildman–Crippen MR) is 66.8 cm³/mol. The van der Waals surface area contributed by atoms with Gasteiger partial charge in [-0.15, -0.1) is 0 Å². The zero-order valence-corrected chi connectivity index (χ0v) is 10.6. The van der Waals surface area contributed by atoms with Crippen molar-refractivity contribution in [2.24, 2.45) is 0 Å². The van der Waals surface area contributed by atoms with Gasteiger partial charge in [0.1, 0.15) is 5.76 Å². The van der Waals surface area contributed by atoms with Crippen LogP contribution in [0.5, 0.6) is 0 Å². The molecular formula is C13H19N3O. The maximum Gasteiger partial charge on any atom is 0.117 e. The quantitative estimate of drug-likeness (QED) is 0.862. The lowest BCUT2D eigenvalue weighted by Gasteiger charge is -2.15. The molecule has 0 amide bonds. The van der Waals surface area contributed by atoms with Gasteiger partial charge in [-0.05, 0) is 32.9 Å². The molecule has 2 aromatic heterocycles. The monoisotopic (exact) mass is 233 g/mol. The lowest BCUT2D eigenvalue weighted by molar-refractivity contribution is 0.444. The fourth-order valence-corrected chi connectivity index (χ4v) is 1.88. The van der Waals surface area contributed by atoms with Crippen LogP contribution in [0.15, 0.2) is 29.1 Å². The third-order valence-corrected chi connectivity index (χ3v) is 3.08. The minimum absolute atomic E-state index is 0.395. The van der Waals surface area contributed by atoms with Gasteiger partial charge in [-0.3, -0.25) is 0 Å². The number of aromatic nitrogens is 2. The van der Waals surface area contributed by atoms with Crippen LogP contribution in [0.3, 0.4) is 0 Å². The Bertz CT molecular complexity index is 459. The van der Waals surface area contributed by atoms with Gasteiger partial charge in [0.05, 0.1) is 24.8 Å². The number of imidazole rings is 1. The van der Waals surface area contributed by atoms with Crippen molar-refractivity contribution in [3.05, 3.63) is 41.9 Å². The van der Waals surface area contributed by atoms with E-state index in [2.05, 4.69) is 28.7 Å². The van der Waals surface area contributed by atoms with Gasteiger partial charge in [0.25, 0.3) is 0 Å². The molecule has 1 N–H and O–H groups in total. The third kappa shape index (κ3) is 2.77. The number of rotatable bonds is 5. The number of hydrogen-bond acceptors (Lipinski definition) is 3. The summed E-state index contributed by atoms with van der Waals surface area (Å²) in [5.41, 5.74) is 2.33. The SMILES string of the molecule is Cc1ncn(C(C)CNCc2ccco2)c1C. The maximum absolute atomic E-state index is 5.27. The molecule has 2 rings (SSSR count). The molecule has 92 valence electrons. The number of nitrogens with one attached hydrogen (secondary N) is 1. The summed E-state index contributed by atoms with van der Waals surface area (Å²) in [5, 5.41) is 3.38. The highest BCUT2D eigenvalue weighted by molar-refractivity contribution is 5.09. The molecule has 2 aromatic rings. The second-order valence-electron chi connectivity index (χ2n) is 4.38. The van der Waals surface area contributed by atoms with Crippen molar-refractivity contribution >= 4 is 0 Å². The van der Waals surface area contributed by atoms with E-state index in [0.29, 0.717) is 6.04 Å². The summed E-state index contributed by atoms with van der Waals surface area (Å²) in [4.78, 5) is 4.31. The Balaban J connectivity index is 1.85. The van der Waals surface area contributed by atoms with Crippen molar-refractivity contribution in [3.8, 4) is 0 Å². The van der Waals surface area contributed by atoms with Gasteiger partial charge >= 0.3 is 0 Å². The van der Waals surface area contributed by atoms with Gasteiger partial charge in [0.15, 0.2) is 0 Å². The van der Waals surface area contributed by atoms with E-state index in [0.717, 1.165) is 24.5 Å². The van der Waals surface area contributed by atoms with Gasteiger partial charge in [-0.25, -0.2) is 4.98 Å². The lowest BCUT2D eigenvalue weighted by Crippen LogP contribution is -2.23. The number of furan rings is 1. The Labute approximate surface area is 102 Å². The average molecular weight is 233 g/mol. The molecule has 0 radical (unpaired) electrons. The maximum atomic E-state index is 5.27. The van der Waals surface area contributed by atoms with Crippen molar-refractivity contribution in [1.82, 2.24) is 14.9 Å². The van der Waals surface area contributed by atoms with Gasteiger partial charge in [0, 0.05) is 18.3 Å². The molecule has 0 aliphatic carbocycles. The first kappa shape index (κ1) is 11.9. The third-order valence-electron chi connectivity index (χ3n) is 3.08. The van der Waals surface area contributed by atoms with E-state index in [-0.39, 0.29) is 0 Å². The standard InChI is InChI=1S/C13H19N3O/c1-10(16-9-15-11(2)12(16)3)7-14-8-13-5-4-6-17-13/h4-6,9-10,14H,7-8H2,1-3H3. The summed E-state index contributed by atoms with van der Waals surface area (Å²) in [6.45, 7) is 7.99. The van der Waals surface area contributed by atoms with Crippen LogP contribution < -0.4 is 5.32 Å². The van der Waals surface area contributed by atoms with Crippen molar-refractivity contribution < 1.29 is 4.42 Å². The van der Waals surface area contributed by atoms with E-state index in [9.17, 15) is 0 Å². The second kappa shape index (κ2) is 5.19. The molecule has 1 atom stereocenters. The van der Waals surface area contributed by atoms with Gasteiger partial charge < -0.3 is 14.3 Å². The molecule has 1 unspecified atom stereocenters. The van der Waals surface area contributed by atoms with Crippen LogP contribution in [-0.4, -0.2) is 16.1 Å². The van der Waals surface area contributed by atoms with Crippen LogP contribution in [0, 0.1) is 13.8 Å². The summed E-state index contributed by atoms with van der Waals surface area (Å²) in [5.74, 6) is 0.968. The Hall–Kier alpha value is -1.55. The van der Waals surface area contributed by atoms with Crippen LogP contribution in [0.25, 0.3) is 0 Å². The van der Waals surface area contributed by atoms with Gasteiger partial charge in [-0.1, -0.05) is 0 Å². The Morgan fingerprint density at radius 1 is 1.47 bits per heavy atom. The molecule has 17 heavy (non-hydrogen) atoms. The second-order valence-corrected chi connectivity index (χ2v) is 4.38. The van der Waals surface area contributed by atoms with E-state index in [4.69, 9.17) is 4.42 Å². The topological polar surface area (TPSA) is 43.0 Å². The molecule has 0 spiro atoms. The highest BCUT2D eigenvalue weighted by Crippen LogP contribution is 2.11. The summed E-state index contributed by atoms with van der Waals surface area (Å²) < 4.78 is 7.47. The zero-order valence-electron chi connectivity index (χ0n) is 10.6. The van der Waals surface area contributed by atoms with Crippen LogP contribution >= 0.6 is 0 Å². The van der Waals surface area contributed by atoms with E-state index >= 15 is 0 Å². The van der Waals surface area contributed by atoms with Crippen molar-refractivity contribution in [2.75, 3.05) is 6.54 Å². The van der Waals surface area contributed by atoms with E-state index in [1.807, 2.05) is 25.4 Å². The molecule has 4 nitrogen and oxygen atoms in total. The first-order valence-corrected chi connectivity index (χ1v) is 5.91. The van der Waals surface area contributed by atoms with Crippen LogP contribution in [0.4, 0.5) is 0 Å². The Morgan fingerprint density at radius 3 is 2.88 bits per heavy atom. The zero-order chi connectivity index (χ0) is 12.3. The minimum Gasteiger partial charge on any atom is -0.468 e. The number of aryl methyl sites for hydroxylation is 1. The molecule has 0 saturated carbocycles. The number of nitrogens with zero attached hydrogens (tertiary/aromatic N) is 2. The fourth-order valence-electron chi connectivity index (χ4n) is 1.88. The number of hydrogen-bond donors (Lipinski definition) is 1. The van der Waals surface area contributed by atoms with Gasteiger partial charge in [-0.2, -0.15) is 0 Å². The van der Waals surface area contributed by atoms with Crippen molar-refractivity contribution in [2.45, 2.75) is 33.4 Å². The Kier molecular flexibility index (Phi) is 3.64. The molecule has 0 saturated heterocycles. The summed E-state index contributed by atoms with van der Waals surface area (Å²) in [6.07, 6.45) is 3.60. The first-order chi connectivity index (χ1) is 8.18. The van der Waals surface area contributed by atoms with Crippen LogP contribution in [0.1, 0.15) is 30.1 Å². The smallest absolute Gasteiger partial charge is 0.117 e. The molecular weight excluding hydrogens is 214 g/mol. The first-order valence-electron chi connectivity index (χ1n) is 5.91. The predicted octanol–water partition coefficient (Wildman–Crippen LogP) is 2.44.